The molecule has 23 heteroatoms. The third-order valence-corrected chi connectivity index (χ3v) is 7.85. The number of azo groups is 1. The zero-order chi connectivity index (χ0) is 32.9. The average Bonchev–Trinajstić information content (AvgIpc) is 3.03. The minimum absolute atomic E-state index is 0.0313. The van der Waals surface area contributed by atoms with Crippen LogP contribution in [0.25, 0.3) is 0 Å². The van der Waals surface area contributed by atoms with Crippen LogP contribution in [0.2, 0.25) is 0 Å². The Morgan fingerprint density at radius 2 is 1.89 bits per heavy atom. The Hall–Kier alpha value is -4.77. The van der Waals surface area contributed by atoms with Crippen LogP contribution in [-0.4, -0.2) is 87.5 Å². The van der Waals surface area contributed by atoms with Crippen molar-refractivity contribution in [2.24, 2.45) is 60.1 Å². The second-order valence-electron chi connectivity index (χ2n) is 10.6. The van der Waals surface area contributed by atoms with E-state index in [9.17, 15) is 14.4 Å². The first-order valence-corrected chi connectivity index (χ1v) is 14.0. The van der Waals surface area contributed by atoms with Gasteiger partial charge in [-0.05, 0) is 38.8 Å². The van der Waals surface area contributed by atoms with E-state index in [1.54, 1.807) is 18.7 Å². The van der Waals surface area contributed by atoms with Crippen LogP contribution in [0.1, 0.15) is 37.0 Å². The molecule has 13 N–H and O–H groups in total. The van der Waals surface area contributed by atoms with Crippen LogP contribution >= 0.6 is 11.6 Å². The summed E-state index contributed by atoms with van der Waals surface area (Å²) in [5.41, 5.74) is -0.421. The zero-order valence-electron chi connectivity index (χ0n) is 24.5. The van der Waals surface area contributed by atoms with Crippen LogP contribution in [0, 0.1) is 0 Å². The van der Waals surface area contributed by atoms with Crippen molar-refractivity contribution < 1.29 is 14.4 Å². The van der Waals surface area contributed by atoms with E-state index < -0.39 is 36.0 Å². The lowest BCUT2D eigenvalue weighted by atomic mass is 9.86. The molecule has 1 saturated heterocycles. The molecule has 22 nitrogen and oxygen atoms in total. The van der Waals surface area contributed by atoms with Gasteiger partial charge in [0.25, 0.3) is 5.91 Å². The summed E-state index contributed by atoms with van der Waals surface area (Å²) in [4.78, 5) is 44.9. The van der Waals surface area contributed by atoms with Gasteiger partial charge in [-0.25, -0.2) is 26.5 Å². The first kappa shape index (κ1) is 33.1. The maximum absolute atomic E-state index is 13.4. The predicted molar refractivity (Wildman–Crippen MR) is 158 cm³/mol. The molecule has 4 amide bonds. The highest BCUT2D eigenvalue weighted by atomic mass is 35.5. The van der Waals surface area contributed by atoms with Crippen molar-refractivity contribution in [2.75, 3.05) is 24.6 Å². The summed E-state index contributed by atoms with van der Waals surface area (Å²) in [6, 6.07) is 0.869. The van der Waals surface area contributed by atoms with Crippen molar-refractivity contribution in [2.45, 2.75) is 56.8 Å². The summed E-state index contributed by atoms with van der Waals surface area (Å²) < 4.78 is 0. The molecule has 1 fully saturated rings. The molecule has 0 bridgehead atoms. The molecule has 0 aliphatic carbocycles. The number of carbonyl (C=O) groups is 3. The molecule has 1 spiro atoms. The number of rotatable bonds is 7. The molecule has 0 radical (unpaired) electrons. The molecule has 3 aliphatic rings. The number of hydrogen-bond acceptors (Lipinski definition) is 16. The summed E-state index contributed by atoms with van der Waals surface area (Å²) in [6.07, 6.45) is 0.173. The van der Waals surface area contributed by atoms with Gasteiger partial charge in [0.15, 0.2) is 17.8 Å². The number of piperidine rings is 1. The monoisotopic (exact) mass is 649 g/mol. The van der Waals surface area contributed by atoms with Crippen molar-refractivity contribution in [3.63, 3.8) is 0 Å². The number of nitrogens with zero attached hydrogens (tertiary/aromatic N) is 11. The molecule has 0 saturated carbocycles. The first-order chi connectivity index (χ1) is 21.4. The lowest BCUT2D eigenvalue weighted by Crippen LogP contribution is -2.69. The molecular weight excluding hydrogens is 614 g/mol. The minimum Gasteiger partial charge on any atom is -0.358 e. The fraction of sp³-hybridized carbons (Fsp3) is 0.545. The highest BCUT2D eigenvalue weighted by Crippen LogP contribution is 2.32. The van der Waals surface area contributed by atoms with Crippen LogP contribution < -0.4 is 50.2 Å². The number of nitrogens with one attached hydrogen (secondary N) is 3. The molecule has 3 atom stereocenters. The van der Waals surface area contributed by atoms with Crippen molar-refractivity contribution in [3.05, 3.63) is 34.9 Å². The number of likely N-dealkylation sites (tertiary alicyclic amines) is 1. The van der Waals surface area contributed by atoms with Gasteiger partial charge in [0.1, 0.15) is 11.2 Å². The fourth-order valence-electron chi connectivity index (χ4n) is 4.89. The number of halogens is 1. The Labute approximate surface area is 262 Å². The predicted octanol–water partition coefficient (Wildman–Crippen LogP) is -1.61. The Morgan fingerprint density at radius 3 is 2.53 bits per heavy atom. The number of amides is 4. The Bertz CT molecular complexity index is 1390. The van der Waals surface area contributed by atoms with Crippen LogP contribution in [0.4, 0.5) is 10.6 Å². The number of pyridine rings is 1. The van der Waals surface area contributed by atoms with Crippen molar-refractivity contribution in [1.29, 1.82) is 0 Å². The second kappa shape index (κ2) is 13.9. The van der Waals surface area contributed by atoms with E-state index >= 15 is 0 Å². The molecule has 45 heavy (non-hydrogen) atoms. The highest BCUT2D eigenvalue weighted by molar-refractivity contribution is 6.29. The number of carbonyl (C=O) groups excluding carboxylic acids is 3. The van der Waals surface area contributed by atoms with Gasteiger partial charge in [-0.3, -0.25) is 20.4 Å². The molecule has 1 aromatic rings. The summed E-state index contributed by atoms with van der Waals surface area (Å²) in [7, 11) is 0. The van der Waals surface area contributed by atoms with Gasteiger partial charge in [0.2, 0.25) is 12.2 Å². The van der Waals surface area contributed by atoms with E-state index in [1.807, 2.05) is 0 Å². The van der Waals surface area contributed by atoms with Crippen LogP contribution in [0.5, 0.6) is 0 Å². The number of hydrogen-bond donors (Lipinski definition) is 8. The van der Waals surface area contributed by atoms with Crippen LogP contribution in [-0.2, 0) is 4.79 Å². The SMILES string of the molecule is CC(C)N(N)C(=O)N(N)c1cc(C(=O)N2CCC3(CC2)CN=NC(NC(=O)C2NC(Cl)=C(N=NN)NC2N=NN)N3N)ccn1. The first-order valence-electron chi connectivity index (χ1n) is 13.7. The summed E-state index contributed by atoms with van der Waals surface area (Å²) in [6.45, 7) is 4.35. The van der Waals surface area contributed by atoms with E-state index in [0.717, 1.165) is 10.0 Å². The standard InChI is InChI=1S/C22H36ClN19O3/c1-11(2)40(26)21(45)41(27)13-9-12(3-6-29-13)19(44)39-7-4-22(5-8-39)10-30-36-20(42(22)28)33-18(43)14-16(34-37-24)32-17(35-38-25)15(23)31-14/h3,6,9,11,14,16,20,31-32H,4-5,7-8,10,26-28H2,1-2H3,(H2,24,34)(H2,25,35)(H,33,43). The molecule has 4 heterocycles. The Balaban J connectivity index is 1.40. The Kier molecular flexibility index (Phi) is 10.2. The molecule has 4 rings (SSSR count). The topological polar surface area (TPSA) is 317 Å². The lowest BCUT2D eigenvalue weighted by molar-refractivity contribution is -0.128. The minimum atomic E-state index is -1.09. The molecule has 244 valence electrons. The number of anilines is 1. The van der Waals surface area contributed by atoms with Gasteiger partial charge in [-0.2, -0.15) is 15.2 Å². The third kappa shape index (κ3) is 6.99. The van der Waals surface area contributed by atoms with E-state index in [-0.39, 0.29) is 40.9 Å². The van der Waals surface area contributed by atoms with Gasteiger partial charge in [-0.15, -0.1) is 10.2 Å². The molecule has 3 aliphatic heterocycles. The van der Waals surface area contributed by atoms with Gasteiger partial charge in [0, 0.05) is 30.9 Å². The van der Waals surface area contributed by atoms with Crippen molar-refractivity contribution >= 4 is 35.3 Å². The van der Waals surface area contributed by atoms with Crippen LogP contribution in [0.15, 0.2) is 60.2 Å². The van der Waals surface area contributed by atoms with E-state index in [4.69, 9.17) is 40.8 Å². The third-order valence-electron chi connectivity index (χ3n) is 7.56. The quantitative estimate of drug-likeness (QED) is 0.0543. The summed E-state index contributed by atoms with van der Waals surface area (Å²) in [5, 5.41) is 33.5. The number of hydrazine groups is 3. The summed E-state index contributed by atoms with van der Waals surface area (Å²) in [5.74, 6) is 27.7. The maximum Gasteiger partial charge on any atom is 0.354 e. The highest BCUT2D eigenvalue weighted by Gasteiger charge is 2.46. The van der Waals surface area contributed by atoms with E-state index in [0.29, 0.717) is 25.9 Å². The lowest BCUT2D eigenvalue weighted by Gasteiger charge is -2.49. The van der Waals surface area contributed by atoms with Gasteiger partial charge < -0.3 is 32.5 Å². The van der Waals surface area contributed by atoms with E-state index in [2.05, 4.69) is 51.8 Å². The fourth-order valence-corrected chi connectivity index (χ4v) is 5.10. The summed E-state index contributed by atoms with van der Waals surface area (Å²) >= 11 is 6.17. The normalized spacial score (nSPS) is 23.4. The molecule has 1 aromatic heterocycles. The largest absolute Gasteiger partial charge is 0.358 e. The maximum atomic E-state index is 13.4. The zero-order valence-corrected chi connectivity index (χ0v) is 25.2. The van der Waals surface area contributed by atoms with Crippen LogP contribution in [0.3, 0.4) is 0 Å². The Morgan fingerprint density at radius 1 is 1.18 bits per heavy atom. The number of aromatic nitrogens is 1. The number of nitrogens with two attached hydrogens (primary N) is 5. The number of urea groups is 1. The van der Waals surface area contributed by atoms with Gasteiger partial charge >= 0.3 is 6.03 Å². The smallest absolute Gasteiger partial charge is 0.354 e. The van der Waals surface area contributed by atoms with Gasteiger partial charge in [-0.1, -0.05) is 22.0 Å². The van der Waals surface area contributed by atoms with Crippen molar-refractivity contribution in [3.8, 4) is 0 Å². The van der Waals surface area contributed by atoms with Gasteiger partial charge in [0.05, 0.1) is 12.1 Å². The molecule has 3 unspecified atom stereocenters. The van der Waals surface area contributed by atoms with Crippen molar-refractivity contribution in [1.82, 2.24) is 35.9 Å². The average molecular weight is 650 g/mol. The van der Waals surface area contributed by atoms with E-state index in [1.165, 1.54) is 23.3 Å². The molecular formula is C22H36ClN19O3. The molecule has 0 aromatic carbocycles. The second-order valence-corrected chi connectivity index (χ2v) is 11.0.